The maximum absolute atomic E-state index is 11.0. The van der Waals surface area contributed by atoms with Crippen LogP contribution in [-0.2, 0) is 26.7 Å². The molecule has 1 aromatic carbocycles. The molecule has 0 aliphatic carbocycles. The van der Waals surface area contributed by atoms with E-state index in [0.29, 0.717) is 5.56 Å². The normalized spacial score (nSPS) is 12.3. The fourth-order valence-corrected chi connectivity index (χ4v) is 2.38. The predicted octanol–water partition coefficient (Wildman–Crippen LogP) is 0.503. The molecular weight excluding hydrogens is 280 g/mol. The van der Waals surface area contributed by atoms with Crippen LogP contribution in [0.1, 0.15) is 12.0 Å². The highest BCUT2D eigenvalue weighted by Gasteiger charge is 2.09. The Bertz CT molecular complexity index is 603. The summed E-state index contributed by atoms with van der Waals surface area (Å²) in [4.78, 5) is 0. The van der Waals surface area contributed by atoms with Crippen LogP contribution in [0, 0.1) is 0 Å². The van der Waals surface area contributed by atoms with Crippen molar-refractivity contribution in [2.24, 2.45) is 0 Å². The summed E-state index contributed by atoms with van der Waals surface area (Å²) in [5.74, 6) is -0.330. The summed E-state index contributed by atoms with van der Waals surface area (Å²) in [5.41, 5.74) is 0.548. The van der Waals surface area contributed by atoms with E-state index in [4.69, 9.17) is 4.18 Å². The van der Waals surface area contributed by atoms with Crippen molar-refractivity contribution in [3.8, 4) is 5.75 Å². The largest absolute Gasteiger partial charge is 0.748 e. The van der Waals surface area contributed by atoms with Crippen molar-refractivity contribution in [3.05, 3.63) is 29.8 Å². The molecule has 0 saturated carbocycles. The van der Waals surface area contributed by atoms with Gasteiger partial charge in [-0.25, -0.2) is 8.42 Å². The maximum atomic E-state index is 11.0. The summed E-state index contributed by atoms with van der Waals surface area (Å²) in [6.07, 6.45) is 1.30. The minimum atomic E-state index is -4.25. The van der Waals surface area contributed by atoms with Crippen LogP contribution in [0.2, 0.25) is 0 Å². The zero-order valence-electron chi connectivity index (χ0n) is 9.70. The molecule has 0 aliphatic heterocycles. The number of aryl methyl sites for hydroxylation is 1. The third-order valence-electron chi connectivity index (χ3n) is 2.05. The number of hydrogen-bond acceptors (Lipinski definition) is 6. The zero-order chi connectivity index (χ0) is 13.8. The summed E-state index contributed by atoms with van der Waals surface area (Å²) in [5, 5.41) is 0. The van der Waals surface area contributed by atoms with Crippen LogP contribution in [0.4, 0.5) is 0 Å². The summed E-state index contributed by atoms with van der Waals surface area (Å²) < 4.78 is 58.2. The Morgan fingerprint density at radius 1 is 1.17 bits per heavy atom. The van der Waals surface area contributed by atoms with Gasteiger partial charge in [0.1, 0.15) is 5.75 Å². The van der Waals surface area contributed by atoms with Crippen molar-refractivity contribution in [1.82, 2.24) is 0 Å². The second kappa shape index (κ2) is 5.68. The van der Waals surface area contributed by atoms with Crippen LogP contribution in [-0.4, -0.2) is 33.4 Å². The van der Waals surface area contributed by atoms with Gasteiger partial charge in [-0.15, -0.1) is 0 Å². The van der Waals surface area contributed by atoms with Crippen molar-refractivity contribution < 1.29 is 25.6 Å². The predicted molar refractivity (Wildman–Crippen MR) is 64.8 cm³/mol. The first kappa shape index (κ1) is 14.9. The first-order valence-corrected chi connectivity index (χ1v) is 8.48. The Balaban J connectivity index is 2.77. The highest BCUT2D eigenvalue weighted by atomic mass is 32.2. The number of rotatable bonds is 6. The monoisotopic (exact) mass is 293 g/mol. The van der Waals surface area contributed by atoms with Gasteiger partial charge in [-0.1, -0.05) is 18.2 Å². The molecule has 0 unspecified atom stereocenters. The van der Waals surface area contributed by atoms with Crippen LogP contribution in [0.3, 0.4) is 0 Å². The van der Waals surface area contributed by atoms with E-state index in [1.165, 1.54) is 6.07 Å². The summed E-state index contributed by atoms with van der Waals surface area (Å²) in [7, 11) is -7.88. The molecule has 0 radical (unpaired) electrons. The third-order valence-corrected chi connectivity index (χ3v) is 3.33. The average Bonchev–Trinajstić information content (AvgIpc) is 2.16. The quantitative estimate of drug-likeness (QED) is 0.559. The van der Waals surface area contributed by atoms with Crippen LogP contribution in [0.15, 0.2) is 24.3 Å². The maximum Gasteiger partial charge on any atom is 0.306 e. The molecule has 0 aromatic heterocycles. The number of benzene rings is 1. The number of para-hydroxylation sites is 1. The van der Waals surface area contributed by atoms with Crippen LogP contribution < -0.4 is 4.18 Å². The molecule has 0 atom stereocenters. The number of hydrogen-bond donors (Lipinski definition) is 0. The molecule has 102 valence electrons. The molecule has 6 nitrogen and oxygen atoms in total. The molecule has 0 fully saturated rings. The molecule has 1 aromatic rings. The Labute approximate surface area is 106 Å². The third kappa shape index (κ3) is 5.99. The van der Waals surface area contributed by atoms with Crippen molar-refractivity contribution >= 4 is 20.2 Å². The summed E-state index contributed by atoms with van der Waals surface area (Å²) in [6.45, 7) is 0. The fraction of sp³-hybridized carbons (Fsp3) is 0.400. The first-order chi connectivity index (χ1) is 8.17. The lowest BCUT2D eigenvalue weighted by atomic mass is 10.1. The summed E-state index contributed by atoms with van der Waals surface area (Å²) >= 11 is 0. The molecular formula is C10H13O6S2-. The van der Waals surface area contributed by atoms with E-state index >= 15 is 0 Å². The van der Waals surface area contributed by atoms with E-state index in [-0.39, 0.29) is 18.6 Å². The van der Waals surface area contributed by atoms with Crippen LogP contribution in [0.5, 0.6) is 5.75 Å². The van der Waals surface area contributed by atoms with E-state index in [1.54, 1.807) is 18.2 Å². The van der Waals surface area contributed by atoms with Gasteiger partial charge in [0.25, 0.3) is 0 Å². The summed E-state index contributed by atoms with van der Waals surface area (Å²) in [6, 6.07) is 6.38. The standard InChI is InChI=1S/C10H14O6S2/c1-17(11,12)16-10-7-3-2-5-9(10)6-4-8-18(13,14)15/h2-3,5,7H,4,6,8H2,1H3,(H,13,14,15)/p-1. The lowest BCUT2D eigenvalue weighted by Crippen LogP contribution is -2.09. The topological polar surface area (TPSA) is 101 Å². The molecule has 0 saturated heterocycles. The Morgan fingerprint density at radius 3 is 2.33 bits per heavy atom. The lowest BCUT2D eigenvalue weighted by molar-refractivity contribution is 0.460. The van der Waals surface area contributed by atoms with Gasteiger partial charge in [0.2, 0.25) is 0 Å². The van der Waals surface area contributed by atoms with E-state index in [2.05, 4.69) is 0 Å². The van der Waals surface area contributed by atoms with Gasteiger partial charge in [-0.05, 0) is 24.5 Å². The van der Waals surface area contributed by atoms with Gasteiger partial charge in [-0.3, -0.25) is 0 Å². The molecule has 0 bridgehead atoms. The molecule has 1 rings (SSSR count). The van der Waals surface area contributed by atoms with Crippen molar-refractivity contribution in [2.45, 2.75) is 12.8 Å². The van der Waals surface area contributed by atoms with Gasteiger partial charge in [-0.2, -0.15) is 8.42 Å². The average molecular weight is 293 g/mol. The lowest BCUT2D eigenvalue weighted by Gasteiger charge is -2.10. The highest BCUT2D eigenvalue weighted by molar-refractivity contribution is 7.86. The van der Waals surface area contributed by atoms with Gasteiger partial charge >= 0.3 is 10.1 Å². The van der Waals surface area contributed by atoms with E-state index in [0.717, 1.165) is 6.26 Å². The molecule has 0 amide bonds. The minimum Gasteiger partial charge on any atom is -0.748 e. The van der Waals surface area contributed by atoms with Gasteiger partial charge in [0, 0.05) is 5.75 Å². The smallest absolute Gasteiger partial charge is 0.306 e. The first-order valence-electron chi connectivity index (χ1n) is 5.08. The Morgan fingerprint density at radius 2 is 1.78 bits per heavy atom. The van der Waals surface area contributed by atoms with Gasteiger partial charge < -0.3 is 8.74 Å². The zero-order valence-corrected chi connectivity index (χ0v) is 11.3. The van der Waals surface area contributed by atoms with Gasteiger partial charge in [0.15, 0.2) is 0 Å². The molecule has 18 heavy (non-hydrogen) atoms. The van der Waals surface area contributed by atoms with Crippen molar-refractivity contribution in [1.29, 1.82) is 0 Å². The Hall–Kier alpha value is -1.12. The SMILES string of the molecule is CS(=O)(=O)Oc1ccccc1CCCS(=O)(=O)[O-]. The van der Waals surface area contributed by atoms with Crippen molar-refractivity contribution in [2.75, 3.05) is 12.0 Å². The van der Waals surface area contributed by atoms with E-state index < -0.39 is 26.0 Å². The highest BCUT2D eigenvalue weighted by Crippen LogP contribution is 2.21. The van der Waals surface area contributed by atoms with E-state index in [1.807, 2.05) is 0 Å². The van der Waals surface area contributed by atoms with Gasteiger partial charge in [0.05, 0.1) is 16.4 Å². The van der Waals surface area contributed by atoms with Crippen molar-refractivity contribution in [3.63, 3.8) is 0 Å². The second-order valence-corrected chi connectivity index (χ2v) is 6.86. The molecule has 0 spiro atoms. The van der Waals surface area contributed by atoms with Crippen LogP contribution >= 0.6 is 0 Å². The van der Waals surface area contributed by atoms with Crippen LogP contribution in [0.25, 0.3) is 0 Å². The molecule has 0 heterocycles. The fourth-order valence-electron chi connectivity index (χ4n) is 1.39. The molecule has 0 aliphatic rings. The minimum absolute atomic E-state index is 0.121. The van der Waals surface area contributed by atoms with E-state index in [9.17, 15) is 21.4 Å². The second-order valence-electron chi connectivity index (χ2n) is 3.76. The molecule has 8 heteroatoms. The molecule has 0 N–H and O–H groups in total. The Kier molecular flexibility index (Phi) is 4.71.